The largest absolute Gasteiger partial charge is 0.489 e. The second-order valence-electron chi connectivity index (χ2n) is 12.8. The summed E-state index contributed by atoms with van der Waals surface area (Å²) < 4.78 is 65.5. The van der Waals surface area contributed by atoms with Crippen LogP contribution in [0.3, 0.4) is 0 Å². The third kappa shape index (κ3) is 4.79. The van der Waals surface area contributed by atoms with Crippen molar-refractivity contribution in [2.45, 2.75) is 56.4 Å². The van der Waals surface area contributed by atoms with Crippen molar-refractivity contribution in [3.05, 3.63) is 46.5 Å². The number of nitrogens with zero attached hydrogens (tertiary/aromatic N) is 5. The number of allylic oxidation sites excluding steroid dienone is 1. The molecule has 4 aliphatic rings. The molecule has 4 atom stereocenters. The standard InChI is InChI=1S/C34H32ClF3N6O3S/c1-2-4-18-15-46-29-25-28(27(38)24(26(29)35)20-5-6-22(37)30-23(20)21(12-39)31(40)48-30)41-33(42-32(25)44(18)19-7-10-45-14-19)47-16-34-8-3-9-43(34)13-17(36)11-34/h2,4-6,17-19H,3,7-11,13-16,40H2,1H3/b4-2+/t17-,18+,19?,34+/m1/s1. The first-order chi connectivity index (χ1) is 23.2. The number of hydrogen-bond acceptors (Lipinski definition) is 10. The van der Waals surface area contributed by atoms with E-state index in [-0.39, 0.29) is 84.8 Å². The van der Waals surface area contributed by atoms with E-state index in [0.717, 1.165) is 30.7 Å². The van der Waals surface area contributed by atoms with Gasteiger partial charge in [0, 0.05) is 30.5 Å². The number of hydrogen-bond donors (Lipinski definition) is 1. The Kier molecular flexibility index (Phi) is 7.82. The molecule has 0 amide bonds. The molecule has 6 heterocycles. The van der Waals surface area contributed by atoms with Gasteiger partial charge in [-0.25, -0.2) is 13.2 Å². The maximum Gasteiger partial charge on any atom is 0.319 e. The SMILES string of the molecule is C/C=C/[C@H]1COc2c(Cl)c(-c3ccc(F)c4sc(N)c(C#N)c34)c(F)c3nc(OC[C@@]45CCCN4C[C@H](F)C5)nc(c23)N1C1CCOC1. The Morgan fingerprint density at radius 2 is 2.12 bits per heavy atom. The Bertz CT molecular complexity index is 2030. The molecule has 3 saturated heterocycles. The van der Waals surface area contributed by atoms with E-state index >= 15 is 8.78 Å². The maximum absolute atomic E-state index is 17.3. The van der Waals surface area contributed by atoms with Crippen molar-refractivity contribution in [3.63, 3.8) is 0 Å². The topological polar surface area (TPSA) is 110 Å². The molecule has 0 radical (unpaired) electrons. The number of alkyl halides is 1. The van der Waals surface area contributed by atoms with Crippen LogP contribution in [0.15, 0.2) is 24.3 Å². The smallest absolute Gasteiger partial charge is 0.319 e. The molecule has 250 valence electrons. The molecule has 0 spiro atoms. The van der Waals surface area contributed by atoms with Crippen molar-refractivity contribution in [1.29, 1.82) is 5.26 Å². The average Bonchev–Trinajstić information content (AvgIpc) is 3.83. The molecule has 4 aromatic rings. The second-order valence-corrected chi connectivity index (χ2v) is 14.3. The van der Waals surface area contributed by atoms with E-state index in [0.29, 0.717) is 38.4 Å². The van der Waals surface area contributed by atoms with Crippen LogP contribution in [0.4, 0.5) is 24.0 Å². The molecule has 4 aliphatic heterocycles. The van der Waals surface area contributed by atoms with Gasteiger partial charge >= 0.3 is 6.01 Å². The number of nitriles is 1. The fourth-order valence-corrected chi connectivity index (χ4v) is 9.26. The van der Waals surface area contributed by atoms with Crippen LogP contribution >= 0.6 is 22.9 Å². The zero-order valence-corrected chi connectivity index (χ0v) is 27.6. The minimum Gasteiger partial charge on any atom is -0.489 e. The van der Waals surface area contributed by atoms with Gasteiger partial charge in [-0.2, -0.15) is 15.2 Å². The summed E-state index contributed by atoms with van der Waals surface area (Å²) in [6.07, 6.45) is 5.71. The Morgan fingerprint density at radius 1 is 1.27 bits per heavy atom. The molecule has 1 unspecified atom stereocenters. The first kappa shape index (κ1) is 31.4. The molecular weight excluding hydrogens is 665 g/mol. The molecule has 48 heavy (non-hydrogen) atoms. The number of halogens is 4. The van der Waals surface area contributed by atoms with Gasteiger partial charge < -0.3 is 24.8 Å². The Balaban J connectivity index is 1.37. The number of nitrogens with two attached hydrogens (primary N) is 1. The lowest BCUT2D eigenvalue weighted by Crippen LogP contribution is -2.46. The van der Waals surface area contributed by atoms with Gasteiger partial charge in [-0.05, 0) is 44.4 Å². The van der Waals surface area contributed by atoms with Gasteiger partial charge in [-0.3, -0.25) is 4.90 Å². The summed E-state index contributed by atoms with van der Waals surface area (Å²) in [6.45, 7) is 4.33. The Hall–Kier alpha value is -3.83. The average molecular weight is 697 g/mol. The monoisotopic (exact) mass is 696 g/mol. The summed E-state index contributed by atoms with van der Waals surface area (Å²) in [4.78, 5) is 13.7. The van der Waals surface area contributed by atoms with Crippen molar-refractivity contribution >= 4 is 54.7 Å². The molecule has 2 N–H and O–H groups in total. The number of anilines is 2. The summed E-state index contributed by atoms with van der Waals surface area (Å²) in [7, 11) is 0. The van der Waals surface area contributed by atoms with E-state index in [4.69, 9.17) is 36.5 Å². The summed E-state index contributed by atoms with van der Waals surface area (Å²) >= 11 is 7.99. The molecule has 0 saturated carbocycles. The minimum atomic E-state index is -0.950. The maximum atomic E-state index is 17.3. The van der Waals surface area contributed by atoms with Gasteiger partial charge in [0.2, 0.25) is 0 Å². The van der Waals surface area contributed by atoms with E-state index in [9.17, 15) is 9.65 Å². The first-order valence-electron chi connectivity index (χ1n) is 16.0. The predicted molar refractivity (Wildman–Crippen MR) is 179 cm³/mol. The first-order valence-corrected chi connectivity index (χ1v) is 17.2. The lowest BCUT2D eigenvalue weighted by Gasteiger charge is -2.34. The van der Waals surface area contributed by atoms with Crippen LogP contribution in [0.1, 0.15) is 38.2 Å². The van der Waals surface area contributed by atoms with Crippen molar-refractivity contribution in [1.82, 2.24) is 14.9 Å². The Morgan fingerprint density at radius 3 is 2.90 bits per heavy atom. The van der Waals surface area contributed by atoms with Crippen LogP contribution in [-0.4, -0.2) is 78.2 Å². The highest BCUT2D eigenvalue weighted by atomic mass is 35.5. The number of rotatable bonds is 6. The minimum absolute atomic E-state index is 0.0305. The highest BCUT2D eigenvalue weighted by molar-refractivity contribution is 7.23. The van der Waals surface area contributed by atoms with E-state index < -0.39 is 23.3 Å². The zero-order valence-electron chi connectivity index (χ0n) is 26.1. The van der Waals surface area contributed by atoms with Crippen LogP contribution in [-0.2, 0) is 4.74 Å². The normalized spacial score (nSPS) is 25.6. The third-order valence-electron chi connectivity index (χ3n) is 10.1. The van der Waals surface area contributed by atoms with Crippen molar-refractivity contribution in [3.8, 4) is 29.0 Å². The lowest BCUT2D eigenvalue weighted by molar-refractivity contribution is 0.107. The highest BCUT2D eigenvalue weighted by Crippen LogP contribution is 2.51. The molecule has 3 fully saturated rings. The van der Waals surface area contributed by atoms with Crippen molar-refractivity contribution < 1.29 is 27.4 Å². The molecule has 0 bridgehead atoms. The molecular formula is C34H32ClF3N6O3S. The molecule has 0 aliphatic carbocycles. The van der Waals surface area contributed by atoms with Crippen LogP contribution < -0.4 is 20.1 Å². The van der Waals surface area contributed by atoms with Crippen LogP contribution in [0, 0.1) is 23.0 Å². The third-order valence-corrected chi connectivity index (χ3v) is 11.5. The van der Waals surface area contributed by atoms with Gasteiger partial charge in [0.1, 0.15) is 47.6 Å². The number of nitrogen functional groups attached to an aromatic ring is 1. The summed E-state index contributed by atoms with van der Waals surface area (Å²) in [5.74, 6) is -0.859. The number of aromatic nitrogens is 2. The predicted octanol–water partition coefficient (Wildman–Crippen LogP) is 6.78. The number of benzene rings is 2. The van der Waals surface area contributed by atoms with Gasteiger partial charge in [0.05, 0.1) is 44.9 Å². The number of thiophene rings is 1. The zero-order chi connectivity index (χ0) is 33.3. The Labute approximate surface area is 283 Å². The molecule has 8 rings (SSSR count). The van der Waals surface area contributed by atoms with Crippen molar-refractivity contribution in [2.75, 3.05) is 50.2 Å². The fraction of sp³-hybridized carbons (Fsp3) is 0.441. The second kappa shape index (κ2) is 11.9. The van der Waals surface area contributed by atoms with Gasteiger partial charge in [0.15, 0.2) is 11.6 Å². The van der Waals surface area contributed by atoms with Crippen LogP contribution in [0.25, 0.3) is 32.1 Å². The van der Waals surface area contributed by atoms with E-state index in [2.05, 4.69) is 14.8 Å². The van der Waals surface area contributed by atoms with E-state index in [1.54, 1.807) is 0 Å². The molecule has 14 heteroatoms. The van der Waals surface area contributed by atoms with Gasteiger partial charge in [0.25, 0.3) is 0 Å². The van der Waals surface area contributed by atoms with Crippen LogP contribution in [0.2, 0.25) is 5.02 Å². The van der Waals surface area contributed by atoms with E-state index in [1.807, 2.05) is 25.1 Å². The lowest BCUT2D eigenvalue weighted by atomic mass is 9.95. The summed E-state index contributed by atoms with van der Waals surface area (Å²) in [5.41, 5.74) is 5.63. The fourth-order valence-electron chi connectivity index (χ4n) is 7.98. The summed E-state index contributed by atoms with van der Waals surface area (Å²) in [6, 6.07) is 4.12. The highest BCUT2D eigenvalue weighted by Gasteiger charge is 2.49. The molecule has 9 nitrogen and oxygen atoms in total. The van der Waals surface area contributed by atoms with Crippen molar-refractivity contribution in [2.24, 2.45) is 0 Å². The number of fused-ring (bicyclic) bond motifs is 2. The van der Waals surface area contributed by atoms with Gasteiger partial charge in [-0.15, -0.1) is 11.3 Å². The van der Waals surface area contributed by atoms with E-state index in [1.165, 1.54) is 12.1 Å². The molecule has 2 aromatic heterocycles. The van der Waals surface area contributed by atoms with Gasteiger partial charge in [-0.1, -0.05) is 29.8 Å². The number of ether oxygens (including phenoxy) is 3. The summed E-state index contributed by atoms with van der Waals surface area (Å²) in [5, 5.41) is 10.4. The van der Waals surface area contributed by atoms with Crippen LogP contribution in [0.5, 0.6) is 11.8 Å². The quantitative estimate of drug-likeness (QED) is 0.218. The molecule has 2 aromatic carbocycles.